The fourth-order valence-corrected chi connectivity index (χ4v) is 1.62. The van der Waals surface area contributed by atoms with Crippen molar-refractivity contribution in [2.45, 2.75) is 6.43 Å². The number of alkyl halides is 2. The fraction of sp³-hybridized carbons (Fsp3) is 0.333. The number of carbonyl (C=O) groups excluding carboxylic acids is 1. The Kier molecular flexibility index (Phi) is 3.02. The van der Waals surface area contributed by atoms with Crippen LogP contribution in [0.3, 0.4) is 0 Å². The molecule has 72 valence electrons. The average molecular weight is 273 g/mol. The van der Waals surface area contributed by atoms with Crippen molar-refractivity contribution in [1.82, 2.24) is 9.78 Å². The Labute approximate surface area is 85.8 Å². The summed E-state index contributed by atoms with van der Waals surface area (Å²) in [5.41, 5.74) is -0.881. The Balaban J connectivity index is 3.35. The van der Waals surface area contributed by atoms with E-state index in [0.29, 0.717) is 0 Å². The lowest BCUT2D eigenvalue weighted by atomic mass is 10.3. The topological polar surface area (TPSA) is 34.9 Å². The van der Waals surface area contributed by atoms with E-state index in [-0.39, 0.29) is 10.2 Å². The van der Waals surface area contributed by atoms with Crippen LogP contribution in [-0.4, -0.2) is 15.0 Å². The van der Waals surface area contributed by atoms with Crippen molar-refractivity contribution in [3.63, 3.8) is 0 Å². The highest BCUT2D eigenvalue weighted by molar-refractivity contribution is 9.10. The number of halogens is 4. The normalized spacial score (nSPS) is 10.9. The van der Waals surface area contributed by atoms with Gasteiger partial charge in [0.05, 0.1) is 5.56 Å². The third kappa shape index (κ3) is 1.88. The maximum Gasteiger partial charge on any atom is 0.282 e. The second kappa shape index (κ2) is 3.71. The minimum atomic E-state index is -2.81. The van der Waals surface area contributed by atoms with Crippen molar-refractivity contribution >= 4 is 32.8 Å². The van der Waals surface area contributed by atoms with Gasteiger partial charge >= 0.3 is 0 Å². The third-order valence-corrected chi connectivity index (χ3v) is 2.51. The van der Waals surface area contributed by atoms with Crippen LogP contribution in [-0.2, 0) is 7.05 Å². The van der Waals surface area contributed by atoms with E-state index >= 15 is 0 Å². The molecule has 0 fully saturated rings. The zero-order valence-corrected chi connectivity index (χ0v) is 8.73. The fourth-order valence-electron chi connectivity index (χ4n) is 0.858. The Morgan fingerprint density at radius 3 is 2.54 bits per heavy atom. The molecule has 0 atom stereocenters. The quantitative estimate of drug-likeness (QED) is 0.776. The maximum atomic E-state index is 12.3. The van der Waals surface area contributed by atoms with E-state index in [0.717, 1.165) is 4.68 Å². The maximum absolute atomic E-state index is 12.3. The van der Waals surface area contributed by atoms with Crippen molar-refractivity contribution in [3.05, 3.63) is 15.9 Å². The molecule has 0 bridgehead atoms. The molecule has 0 saturated carbocycles. The minimum absolute atomic E-state index is 0.155. The smallest absolute Gasteiger partial charge is 0.275 e. The highest BCUT2D eigenvalue weighted by Crippen LogP contribution is 2.28. The molecular formula is C6H4BrClF2N2O. The first-order valence-electron chi connectivity index (χ1n) is 3.15. The third-order valence-electron chi connectivity index (χ3n) is 1.41. The van der Waals surface area contributed by atoms with Crippen LogP contribution in [0.5, 0.6) is 0 Å². The molecule has 1 rings (SSSR count). The molecule has 0 spiro atoms. The number of hydrogen-bond donors (Lipinski definition) is 0. The molecule has 13 heavy (non-hydrogen) atoms. The first-order valence-corrected chi connectivity index (χ1v) is 4.32. The van der Waals surface area contributed by atoms with Crippen LogP contribution in [0.4, 0.5) is 8.78 Å². The second-order valence-electron chi connectivity index (χ2n) is 2.25. The lowest BCUT2D eigenvalue weighted by Gasteiger charge is -1.94. The Morgan fingerprint density at radius 2 is 2.23 bits per heavy atom. The zero-order valence-electron chi connectivity index (χ0n) is 6.39. The van der Waals surface area contributed by atoms with Gasteiger partial charge < -0.3 is 0 Å². The van der Waals surface area contributed by atoms with E-state index in [1.807, 2.05) is 0 Å². The lowest BCUT2D eigenvalue weighted by Crippen LogP contribution is -1.95. The van der Waals surface area contributed by atoms with Gasteiger partial charge in [0.15, 0.2) is 0 Å². The monoisotopic (exact) mass is 272 g/mol. The summed E-state index contributed by atoms with van der Waals surface area (Å²) in [6.07, 6.45) is -2.81. The van der Waals surface area contributed by atoms with Gasteiger partial charge in [-0.2, -0.15) is 5.10 Å². The van der Waals surface area contributed by atoms with Crippen molar-refractivity contribution in [3.8, 4) is 0 Å². The highest BCUT2D eigenvalue weighted by atomic mass is 79.9. The molecule has 0 aliphatic rings. The Hall–Kier alpha value is -0.490. The summed E-state index contributed by atoms with van der Waals surface area (Å²) in [4.78, 5) is 10.8. The van der Waals surface area contributed by atoms with Crippen LogP contribution in [0.2, 0.25) is 0 Å². The molecule has 1 aromatic heterocycles. The molecule has 0 unspecified atom stereocenters. The van der Waals surface area contributed by atoms with Crippen molar-refractivity contribution in [1.29, 1.82) is 0 Å². The van der Waals surface area contributed by atoms with Gasteiger partial charge in [0.1, 0.15) is 10.3 Å². The Bertz CT molecular complexity index is 353. The van der Waals surface area contributed by atoms with Gasteiger partial charge in [-0.3, -0.25) is 9.48 Å². The van der Waals surface area contributed by atoms with Crippen LogP contribution in [0.15, 0.2) is 4.60 Å². The van der Waals surface area contributed by atoms with Gasteiger partial charge in [-0.05, 0) is 27.5 Å². The first-order chi connectivity index (χ1) is 5.95. The number of carbonyl (C=O) groups is 1. The molecule has 0 N–H and O–H groups in total. The van der Waals surface area contributed by atoms with E-state index in [2.05, 4.69) is 21.0 Å². The first kappa shape index (κ1) is 10.6. The van der Waals surface area contributed by atoms with Gasteiger partial charge in [-0.15, -0.1) is 0 Å². The standard InChI is InChI=1S/C6H4BrClF2N2O/c1-12-4(7)2(5(8)13)3(11-12)6(9)10/h6H,1H3. The molecule has 0 radical (unpaired) electrons. The Morgan fingerprint density at radius 1 is 1.69 bits per heavy atom. The molecule has 0 aromatic carbocycles. The minimum Gasteiger partial charge on any atom is -0.275 e. The summed E-state index contributed by atoms with van der Waals surface area (Å²) in [6.45, 7) is 0. The van der Waals surface area contributed by atoms with Crippen molar-refractivity contribution in [2.75, 3.05) is 0 Å². The number of hydrogen-bond acceptors (Lipinski definition) is 2. The molecule has 0 saturated heterocycles. The van der Waals surface area contributed by atoms with Crippen LogP contribution in [0.1, 0.15) is 22.5 Å². The van der Waals surface area contributed by atoms with E-state index in [1.54, 1.807) is 0 Å². The summed E-state index contributed by atoms with van der Waals surface area (Å²) in [7, 11) is 1.43. The summed E-state index contributed by atoms with van der Waals surface area (Å²) >= 11 is 8.05. The van der Waals surface area contributed by atoms with E-state index in [9.17, 15) is 13.6 Å². The van der Waals surface area contributed by atoms with Gasteiger partial charge in [0, 0.05) is 7.05 Å². The molecule has 7 heteroatoms. The number of nitrogens with zero attached hydrogens (tertiary/aromatic N) is 2. The average Bonchev–Trinajstić information content (AvgIpc) is 2.28. The van der Waals surface area contributed by atoms with E-state index in [4.69, 9.17) is 11.6 Å². The largest absolute Gasteiger partial charge is 0.282 e. The highest BCUT2D eigenvalue weighted by Gasteiger charge is 2.25. The van der Waals surface area contributed by atoms with Crippen LogP contribution < -0.4 is 0 Å². The summed E-state index contributed by atoms with van der Waals surface area (Å²) in [6, 6.07) is 0. The van der Waals surface area contributed by atoms with Crippen LogP contribution >= 0.6 is 27.5 Å². The molecule has 0 aliphatic carbocycles. The molecule has 0 aliphatic heterocycles. The SMILES string of the molecule is Cn1nc(C(F)F)c(C(=O)Cl)c1Br. The second-order valence-corrected chi connectivity index (χ2v) is 3.34. The summed E-state index contributed by atoms with van der Waals surface area (Å²) in [5.74, 6) is 0. The van der Waals surface area contributed by atoms with Crippen LogP contribution in [0.25, 0.3) is 0 Å². The van der Waals surface area contributed by atoms with Gasteiger partial charge in [-0.25, -0.2) is 8.78 Å². The number of rotatable bonds is 2. The van der Waals surface area contributed by atoms with Gasteiger partial charge in [0.25, 0.3) is 11.7 Å². The molecule has 3 nitrogen and oxygen atoms in total. The van der Waals surface area contributed by atoms with Crippen molar-refractivity contribution in [2.24, 2.45) is 7.05 Å². The van der Waals surface area contributed by atoms with Gasteiger partial charge in [0.2, 0.25) is 0 Å². The number of aromatic nitrogens is 2. The van der Waals surface area contributed by atoms with Crippen molar-refractivity contribution < 1.29 is 13.6 Å². The molecule has 1 aromatic rings. The van der Waals surface area contributed by atoms with Crippen LogP contribution in [0, 0.1) is 0 Å². The summed E-state index contributed by atoms with van der Waals surface area (Å²) < 4.78 is 25.8. The zero-order chi connectivity index (χ0) is 10.2. The van der Waals surface area contributed by atoms with E-state index in [1.165, 1.54) is 7.05 Å². The lowest BCUT2D eigenvalue weighted by molar-refractivity contribution is 0.106. The predicted molar refractivity (Wildman–Crippen MR) is 46.0 cm³/mol. The number of aryl methyl sites for hydroxylation is 1. The molecule has 0 amide bonds. The molecule has 1 heterocycles. The summed E-state index contributed by atoms with van der Waals surface area (Å²) in [5, 5.41) is 2.50. The van der Waals surface area contributed by atoms with Gasteiger partial charge in [-0.1, -0.05) is 0 Å². The van der Waals surface area contributed by atoms with E-state index < -0.39 is 17.4 Å². The predicted octanol–water partition coefficient (Wildman–Crippen LogP) is 2.50. The molecular weight excluding hydrogens is 269 g/mol.